The first-order chi connectivity index (χ1) is 9.40. The van der Waals surface area contributed by atoms with E-state index in [9.17, 15) is 13.2 Å². The lowest BCUT2D eigenvalue weighted by Gasteiger charge is -2.24. The lowest BCUT2D eigenvalue weighted by atomic mass is 10.0. The highest BCUT2D eigenvalue weighted by Crippen LogP contribution is 2.32. The van der Waals surface area contributed by atoms with Crippen molar-refractivity contribution in [1.29, 1.82) is 0 Å². The third-order valence-corrected chi connectivity index (χ3v) is 3.73. The highest BCUT2D eigenvalue weighted by molar-refractivity contribution is 5.28. The molecule has 1 atom stereocenters. The molecule has 1 N–H and O–H groups in total. The quantitative estimate of drug-likeness (QED) is 0.863. The van der Waals surface area contributed by atoms with E-state index >= 15 is 0 Å². The van der Waals surface area contributed by atoms with Crippen molar-refractivity contribution in [2.24, 2.45) is 5.92 Å². The number of halogens is 3. The minimum Gasteiger partial charge on any atom is -0.312 e. The predicted octanol–water partition coefficient (Wildman–Crippen LogP) is 3.31. The molecule has 1 unspecified atom stereocenters. The number of likely N-dealkylation sites (N-methyl/N-ethyl adjacent to an activating group) is 2. The van der Waals surface area contributed by atoms with Crippen LogP contribution in [0.2, 0.25) is 0 Å². The van der Waals surface area contributed by atoms with Gasteiger partial charge in [-0.05, 0) is 50.6 Å². The number of nitrogens with one attached hydrogen (secondary N) is 1. The normalized spacial score (nSPS) is 17.5. The zero-order valence-electron chi connectivity index (χ0n) is 11.9. The van der Waals surface area contributed by atoms with Crippen molar-refractivity contribution in [2.75, 3.05) is 27.2 Å². The molecule has 1 aliphatic rings. The molecule has 0 amide bonds. The fraction of sp³-hybridized carbons (Fsp3) is 0.600. The zero-order valence-corrected chi connectivity index (χ0v) is 11.9. The number of hydrogen-bond acceptors (Lipinski definition) is 2. The lowest BCUT2D eigenvalue weighted by Crippen LogP contribution is -2.32. The van der Waals surface area contributed by atoms with Crippen LogP contribution in [0.25, 0.3) is 0 Å². The smallest absolute Gasteiger partial charge is 0.312 e. The number of benzene rings is 1. The maximum absolute atomic E-state index is 12.7. The average Bonchev–Trinajstić information content (AvgIpc) is 3.19. The molecule has 0 aliphatic heterocycles. The Balaban J connectivity index is 2.06. The van der Waals surface area contributed by atoms with E-state index in [0.29, 0.717) is 12.1 Å². The van der Waals surface area contributed by atoms with Gasteiger partial charge in [0.05, 0.1) is 5.56 Å². The van der Waals surface area contributed by atoms with Crippen LogP contribution in [0.5, 0.6) is 0 Å². The number of alkyl halides is 3. The minimum absolute atomic E-state index is 0.0824. The van der Waals surface area contributed by atoms with E-state index in [4.69, 9.17) is 0 Å². The molecule has 0 bridgehead atoms. The summed E-state index contributed by atoms with van der Waals surface area (Å²) in [6, 6.07) is 5.50. The molecule has 112 valence electrons. The molecule has 2 nitrogen and oxygen atoms in total. The molecule has 1 aromatic carbocycles. The molecule has 0 saturated heterocycles. The first kappa shape index (κ1) is 15.3. The third kappa shape index (κ3) is 4.21. The van der Waals surface area contributed by atoms with Gasteiger partial charge in [0.15, 0.2) is 0 Å². The van der Waals surface area contributed by atoms with Gasteiger partial charge in [-0.25, -0.2) is 0 Å². The second-order valence-corrected chi connectivity index (χ2v) is 5.63. The topological polar surface area (TPSA) is 15.3 Å². The van der Waals surface area contributed by atoms with E-state index < -0.39 is 11.7 Å². The van der Waals surface area contributed by atoms with E-state index in [0.717, 1.165) is 18.5 Å². The van der Waals surface area contributed by atoms with Gasteiger partial charge in [-0.2, -0.15) is 13.2 Å². The molecule has 1 saturated carbocycles. The molecular weight excluding hydrogens is 265 g/mol. The summed E-state index contributed by atoms with van der Waals surface area (Å²) < 4.78 is 38.2. The molecule has 1 aromatic rings. The van der Waals surface area contributed by atoms with Crippen LogP contribution in [0.15, 0.2) is 24.3 Å². The summed E-state index contributed by atoms with van der Waals surface area (Å²) in [6.45, 7) is 1.74. The van der Waals surface area contributed by atoms with Crippen LogP contribution in [0.3, 0.4) is 0 Å². The highest BCUT2D eigenvalue weighted by Gasteiger charge is 2.31. The maximum Gasteiger partial charge on any atom is 0.416 e. The minimum atomic E-state index is -4.28. The van der Waals surface area contributed by atoms with E-state index in [1.807, 2.05) is 7.05 Å². The zero-order chi connectivity index (χ0) is 14.8. The van der Waals surface area contributed by atoms with Gasteiger partial charge in [0, 0.05) is 19.1 Å². The van der Waals surface area contributed by atoms with Crippen molar-refractivity contribution >= 4 is 0 Å². The van der Waals surface area contributed by atoms with Gasteiger partial charge in [-0.3, -0.25) is 0 Å². The third-order valence-electron chi connectivity index (χ3n) is 3.73. The highest BCUT2D eigenvalue weighted by atomic mass is 19.4. The van der Waals surface area contributed by atoms with Crippen molar-refractivity contribution in [3.8, 4) is 0 Å². The Morgan fingerprint density at radius 2 is 2.05 bits per heavy atom. The van der Waals surface area contributed by atoms with Crippen molar-refractivity contribution in [3.05, 3.63) is 35.4 Å². The Bertz CT molecular complexity index is 441. The SMILES string of the molecule is CNC(CN(C)CC1CC1)c1cccc(C(F)(F)F)c1. The second kappa shape index (κ2) is 6.14. The van der Waals surface area contributed by atoms with Gasteiger partial charge in [0.25, 0.3) is 0 Å². The lowest BCUT2D eigenvalue weighted by molar-refractivity contribution is -0.137. The van der Waals surface area contributed by atoms with Crippen molar-refractivity contribution in [3.63, 3.8) is 0 Å². The van der Waals surface area contributed by atoms with Crippen LogP contribution in [0, 0.1) is 5.92 Å². The molecule has 0 heterocycles. The molecule has 2 rings (SSSR count). The van der Waals surface area contributed by atoms with E-state index in [2.05, 4.69) is 10.2 Å². The molecule has 20 heavy (non-hydrogen) atoms. The van der Waals surface area contributed by atoms with Gasteiger partial charge in [0.2, 0.25) is 0 Å². The Hall–Kier alpha value is -1.07. The standard InChI is InChI=1S/C15H21F3N2/c1-19-14(10-20(2)9-11-6-7-11)12-4-3-5-13(8-12)15(16,17)18/h3-5,8,11,14,19H,6-7,9-10H2,1-2H3. The average molecular weight is 286 g/mol. The molecule has 1 aliphatic carbocycles. The Kier molecular flexibility index (Phi) is 4.70. The molecule has 0 spiro atoms. The van der Waals surface area contributed by atoms with Crippen LogP contribution in [-0.4, -0.2) is 32.1 Å². The maximum atomic E-state index is 12.7. The molecular formula is C15H21F3N2. The summed E-state index contributed by atoms with van der Waals surface area (Å²) >= 11 is 0. The molecule has 0 radical (unpaired) electrons. The van der Waals surface area contributed by atoms with Crippen LogP contribution in [-0.2, 0) is 6.18 Å². The summed E-state index contributed by atoms with van der Waals surface area (Å²) in [5.41, 5.74) is 0.102. The van der Waals surface area contributed by atoms with Crippen LogP contribution >= 0.6 is 0 Å². The molecule has 0 aromatic heterocycles. The van der Waals surface area contributed by atoms with Crippen LogP contribution in [0.4, 0.5) is 13.2 Å². The monoisotopic (exact) mass is 286 g/mol. The van der Waals surface area contributed by atoms with Gasteiger partial charge in [0.1, 0.15) is 0 Å². The fourth-order valence-electron chi connectivity index (χ4n) is 2.42. The summed E-state index contributed by atoms with van der Waals surface area (Å²) in [6.07, 6.45) is -1.73. The van der Waals surface area contributed by atoms with Gasteiger partial charge < -0.3 is 10.2 Å². The van der Waals surface area contributed by atoms with Gasteiger partial charge in [-0.1, -0.05) is 12.1 Å². The van der Waals surface area contributed by atoms with E-state index in [1.54, 1.807) is 13.1 Å². The summed E-state index contributed by atoms with van der Waals surface area (Å²) in [4.78, 5) is 2.19. The number of nitrogens with zero attached hydrogens (tertiary/aromatic N) is 1. The summed E-state index contributed by atoms with van der Waals surface area (Å²) in [7, 11) is 3.81. The van der Waals surface area contributed by atoms with Crippen LogP contribution < -0.4 is 5.32 Å². The molecule has 5 heteroatoms. The Morgan fingerprint density at radius 1 is 1.35 bits per heavy atom. The molecule has 1 fully saturated rings. The largest absolute Gasteiger partial charge is 0.416 e. The number of rotatable bonds is 6. The number of hydrogen-bond donors (Lipinski definition) is 1. The van der Waals surface area contributed by atoms with Gasteiger partial charge in [-0.15, -0.1) is 0 Å². The first-order valence-electron chi connectivity index (χ1n) is 6.93. The fourth-order valence-corrected chi connectivity index (χ4v) is 2.42. The first-order valence-corrected chi connectivity index (χ1v) is 6.93. The van der Waals surface area contributed by atoms with E-state index in [1.165, 1.54) is 25.0 Å². The Labute approximate surface area is 118 Å². The van der Waals surface area contributed by atoms with Crippen molar-refractivity contribution in [2.45, 2.75) is 25.1 Å². The summed E-state index contributed by atoms with van der Waals surface area (Å²) in [5, 5.41) is 3.11. The van der Waals surface area contributed by atoms with Crippen molar-refractivity contribution < 1.29 is 13.2 Å². The summed E-state index contributed by atoms with van der Waals surface area (Å²) in [5.74, 6) is 0.777. The van der Waals surface area contributed by atoms with Crippen molar-refractivity contribution in [1.82, 2.24) is 10.2 Å². The van der Waals surface area contributed by atoms with Gasteiger partial charge >= 0.3 is 6.18 Å². The Morgan fingerprint density at radius 3 is 2.60 bits per heavy atom. The predicted molar refractivity (Wildman–Crippen MR) is 73.5 cm³/mol. The van der Waals surface area contributed by atoms with E-state index in [-0.39, 0.29) is 6.04 Å². The van der Waals surface area contributed by atoms with Crippen LogP contribution in [0.1, 0.15) is 30.0 Å². The second-order valence-electron chi connectivity index (χ2n) is 5.63.